The van der Waals surface area contributed by atoms with Crippen molar-refractivity contribution in [1.29, 1.82) is 0 Å². The van der Waals surface area contributed by atoms with E-state index in [1.165, 1.54) is 0 Å². The molecule has 20 heavy (non-hydrogen) atoms. The van der Waals surface area contributed by atoms with E-state index >= 15 is 0 Å². The number of ether oxygens (including phenoxy) is 1. The molecule has 2 rings (SSSR count). The molecule has 0 heterocycles. The molecule has 0 aliphatic rings. The van der Waals surface area contributed by atoms with Crippen LogP contribution in [0, 0.1) is 0 Å². The van der Waals surface area contributed by atoms with Crippen LogP contribution in [0.25, 0.3) is 0 Å². The van der Waals surface area contributed by atoms with Gasteiger partial charge in [0, 0.05) is 5.56 Å². The number of hydrogen-bond donors (Lipinski definition) is 2. The highest BCUT2D eigenvalue weighted by molar-refractivity contribution is 6.42. The highest BCUT2D eigenvalue weighted by Crippen LogP contribution is 2.31. The van der Waals surface area contributed by atoms with E-state index in [1.807, 2.05) is 0 Å². The zero-order valence-corrected chi connectivity index (χ0v) is 11.9. The van der Waals surface area contributed by atoms with Crippen molar-refractivity contribution < 1.29 is 9.53 Å². The van der Waals surface area contributed by atoms with Crippen molar-refractivity contribution in [2.75, 3.05) is 0 Å². The molecule has 3 N–H and O–H groups in total. The number of benzene rings is 2. The van der Waals surface area contributed by atoms with Gasteiger partial charge in [0.05, 0.1) is 5.02 Å². The summed E-state index contributed by atoms with van der Waals surface area (Å²) >= 11 is 11.9. The molecule has 0 radical (unpaired) electrons. The fourth-order valence-electron chi connectivity index (χ4n) is 1.59. The second-order valence-corrected chi connectivity index (χ2v) is 4.80. The Morgan fingerprint density at radius 2 is 1.85 bits per heavy atom. The summed E-state index contributed by atoms with van der Waals surface area (Å²) in [5.74, 6) is 5.24. The molecule has 0 fully saturated rings. The number of amides is 1. The maximum absolute atomic E-state index is 11.3. The summed E-state index contributed by atoms with van der Waals surface area (Å²) in [5.41, 5.74) is 3.45. The highest BCUT2D eigenvalue weighted by atomic mass is 35.5. The van der Waals surface area contributed by atoms with Gasteiger partial charge in [-0.15, -0.1) is 0 Å². The van der Waals surface area contributed by atoms with E-state index in [0.717, 1.165) is 5.56 Å². The molecule has 0 aliphatic carbocycles. The van der Waals surface area contributed by atoms with Gasteiger partial charge in [0.15, 0.2) is 0 Å². The number of hydrazine groups is 1. The van der Waals surface area contributed by atoms with E-state index < -0.39 is 0 Å². The third kappa shape index (κ3) is 3.42. The fraction of sp³-hybridized carbons (Fsp3) is 0.0714. The summed E-state index contributed by atoms with van der Waals surface area (Å²) in [6.07, 6.45) is 0. The lowest BCUT2D eigenvalue weighted by molar-refractivity contribution is 0.0953. The van der Waals surface area contributed by atoms with Gasteiger partial charge in [0.25, 0.3) is 5.91 Å². The lowest BCUT2D eigenvalue weighted by atomic mass is 10.1. The van der Waals surface area contributed by atoms with Crippen molar-refractivity contribution in [1.82, 2.24) is 5.43 Å². The molecule has 2 aromatic carbocycles. The predicted octanol–water partition coefficient (Wildman–Crippen LogP) is 3.18. The molecule has 6 heteroatoms. The van der Waals surface area contributed by atoms with E-state index in [2.05, 4.69) is 5.43 Å². The number of nitrogen functional groups attached to an aromatic ring is 1. The summed E-state index contributed by atoms with van der Waals surface area (Å²) in [6.45, 7) is 0.324. The Labute approximate surface area is 126 Å². The quantitative estimate of drug-likeness (QED) is 0.518. The Hall–Kier alpha value is -1.75. The first-order valence-corrected chi connectivity index (χ1v) is 6.54. The Balaban J connectivity index is 2.04. The first-order chi connectivity index (χ1) is 9.61. The largest absolute Gasteiger partial charge is 0.487 e. The van der Waals surface area contributed by atoms with Crippen LogP contribution >= 0.6 is 23.2 Å². The van der Waals surface area contributed by atoms with Gasteiger partial charge in [-0.25, -0.2) is 5.84 Å². The lowest BCUT2D eigenvalue weighted by Crippen LogP contribution is -2.29. The monoisotopic (exact) mass is 310 g/mol. The molecular formula is C14H12Cl2N2O2. The van der Waals surface area contributed by atoms with Crippen molar-refractivity contribution in [2.45, 2.75) is 6.61 Å². The van der Waals surface area contributed by atoms with Crippen LogP contribution in [0.3, 0.4) is 0 Å². The number of hydrogen-bond acceptors (Lipinski definition) is 3. The molecule has 0 aliphatic heterocycles. The van der Waals surface area contributed by atoms with Gasteiger partial charge in [-0.1, -0.05) is 41.4 Å². The van der Waals surface area contributed by atoms with Gasteiger partial charge >= 0.3 is 0 Å². The van der Waals surface area contributed by atoms with Gasteiger partial charge in [-0.3, -0.25) is 10.2 Å². The normalized spacial score (nSPS) is 10.2. The molecule has 0 spiro atoms. The minimum Gasteiger partial charge on any atom is -0.487 e. The summed E-state index contributed by atoms with van der Waals surface area (Å²) < 4.78 is 5.59. The van der Waals surface area contributed by atoms with Crippen LogP contribution in [0.15, 0.2) is 42.5 Å². The highest BCUT2D eigenvalue weighted by Gasteiger charge is 2.06. The third-order valence-electron chi connectivity index (χ3n) is 2.66. The minimum atomic E-state index is -0.338. The number of carbonyl (C=O) groups excluding carboxylic acids is 1. The van der Waals surface area contributed by atoms with Crippen LogP contribution in [0.4, 0.5) is 0 Å². The lowest BCUT2D eigenvalue weighted by Gasteiger charge is -2.09. The Morgan fingerprint density at radius 1 is 1.15 bits per heavy atom. The number of nitrogens with two attached hydrogens (primary N) is 1. The molecule has 0 atom stereocenters. The van der Waals surface area contributed by atoms with Crippen molar-refractivity contribution >= 4 is 29.1 Å². The smallest absolute Gasteiger partial charge is 0.265 e. The van der Waals surface area contributed by atoms with Crippen molar-refractivity contribution in [3.63, 3.8) is 0 Å². The van der Waals surface area contributed by atoms with E-state index in [9.17, 15) is 4.79 Å². The van der Waals surface area contributed by atoms with Crippen molar-refractivity contribution in [2.24, 2.45) is 5.84 Å². The zero-order chi connectivity index (χ0) is 14.5. The first kappa shape index (κ1) is 14.7. The van der Waals surface area contributed by atoms with E-state index in [-0.39, 0.29) is 5.91 Å². The van der Waals surface area contributed by atoms with Crippen LogP contribution < -0.4 is 16.0 Å². The van der Waals surface area contributed by atoms with Gasteiger partial charge in [-0.2, -0.15) is 0 Å². The molecule has 1 amide bonds. The second-order valence-electron chi connectivity index (χ2n) is 4.01. The van der Waals surface area contributed by atoms with Crippen molar-refractivity contribution in [3.8, 4) is 5.75 Å². The van der Waals surface area contributed by atoms with Gasteiger partial charge in [0.2, 0.25) is 0 Å². The Morgan fingerprint density at radius 3 is 2.50 bits per heavy atom. The fourth-order valence-corrected chi connectivity index (χ4v) is 1.94. The first-order valence-electron chi connectivity index (χ1n) is 5.78. The van der Waals surface area contributed by atoms with Crippen LogP contribution in [-0.4, -0.2) is 5.91 Å². The number of carbonyl (C=O) groups is 1. The summed E-state index contributed by atoms with van der Waals surface area (Å²) in [7, 11) is 0. The van der Waals surface area contributed by atoms with Gasteiger partial charge < -0.3 is 4.74 Å². The number of nitrogens with one attached hydrogen (secondary N) is 1. The Kier molecular flexibility index (Phi) is 4.84. The molecule has 0 unspecified atom stereocenters. The summed E-state index contributed by atoms with van der Waals surface area (Å²) in [6, 6.07) is 12.1. The SMILES string of the molecule is NNC(=O)c1ccc(COc2cccc(Cl)c2Cl)cc1. The molecule has 0 aromatic heterocycles. The molecule has 4 nitrogen and oxygen atoms in total. The molecule has 2 aromatic rings. The summed E-state index contributed by atoms with van der Waals surface area (Å²) in [4.78, 5) is 11.3. The maximum Gasteiger partial charge on any atom is 0.265 e. The van der Waals surface area contributed by atoms with E-state index in [1.54, 1.807) is 42.5 Å². The average molecular weight is 311 g/mol. The van der Waals surface area contributed by atoms with E-state index in [4.69, 9.17) is 33.8 Å². The number of halogens is 2. The molecule has 0 saturated carbocycles. The molecule has 0 saturated heterocycles. The third-order valence-corrected chi connectivity index (χ3v) is 3.46. The standard InChI is InChI=1S/C14H12Cl2N2O2/c15-11-2-1-3-12(13(11)16)20-8-9-4-6-10(7-5-9)14(19)18-17/h1-7H,8,17H2,(H,18,19). The average Bonchev–Trinajstić information content (AvgIpc) is 2.48. The maximum atomic E-state index is 11.3. The molecule has 104 valence electrons. The van der Waals surface area contributed by atoms with Crippen LogP contribution in [-0.2, 0) is 6.61 Å². The Bertz CT molecular complexity index is 615. The van der Waals surface area contributed by atoms with Crippen LogP contribution in [0.2, 0.25) is 10.0 Å². The van der Waals surface area contributed by atoms with Gasteiger partial charge in [0.1, 0.15) is 17.4 Å². The number of rotatable bonds is 4. The summed E-state index contributed by atoms with van der Waals surface area (Å²) in [5, 5.41) is 0.826. The van der Waals surface area contributed by atoms with E-state index in [0.29, 0.717) is 28.0 Å². The van der Waals surface area contributed by atoms with Crippen LogP contribution in [0.1, 0.15) is 15.9 Å². The topological polar surface area (TPSA) is 64.3 Å². The predicted molar refractivity (Wildman–Crippen MR) is 78.9 cm³/mol. The molecular weight excluding hydrogens is 299 g/mol. The second kappa shape index (κ2) is 6.61. The molecule has 0 bridgehead atoms. The van der Waals surface area contributed by atoms with Gasteiger partial charge in [-0.05, 0) is 29.8 Å². The zero-order valence-electron chi connectivity index (χ0n) is 10.4. The van der Waals surface area contributed by atoms with Crippen molar-refractivity contribution in [3.05, 3.63) is 63.6 Å². The van der Waals surface area contributed by atoms with Crippen LogP contribution in [0.5, 0.6) is 5.75 Å². The minimum absolute atomic E-state index is 0.324.